The normalized spacial score (nSPS) is 19.7. The Morgan fingerprint density at radius 1 is 1.06 bits per heavy atom. The van der Waals surface area contributed by atoms with E-state index >= 15 is 0 Å². The van der Waals surface area contributed by atoms with Gasteiger partial charge in [0.25, 0.3) is 0 Å². The number of fused-ring (bicyclic) bond motifs is 1. The van der Waals surface area contributed by atoms with Crippen LogP contribution in [0.15, 0.2) is 36.4 Å². The fraction of sp³-hybridized carbons (Fsp3) is 0.417. The summed E-state index contributed by atoms with van der Waals surface area (Å²) in [5.41, 5.74) is 0.876. The number of rotatable bonds is 6. The highest BCUT2D eigenvalue weighted by atomic mass is 16.5. The number of methoxy groups -OCH3 is 3. The lowest BCUT2D eigenvalue weighted by molar-refractivity contribution is -0.130. The molecule has 164 valence electrons. The maximum Gasteiger partial charge on any atom is 0.223 e. The average molecular weight is 425 g/mol. The van der Waals surface area contributed by atoms with Crippen molar-refractivity contribution in [1.29, 1.82) is 0 Å². The number of aryl methyl sites for hydroxylation is 1. The lowest BCUT2D eigenvalue weighted by Gasteiger charge is -2.34. The molecule has 1 saturated heterocycles. The second-order valence-electron chi connectivity index (χ2n) is 7.94. The van der Waals surface area contributed by atoms with Crippen LogP contribution >= 0.6 is 0 Å². The second kappa shape index (κ2) is 8.49. The van der Waals surface area contributed by atoms with E-state index in [1.807, 2.05) is 30.3 Å². The Kier molecular flexibility index (Phi) is 5.76. The Balaban J connectivity index is 1.43. The molecule has 1 unspecified atom stereocenters. The summed E-state index contributed by atoms with van der Waals surface area (Å²) in [5.74, 6) is 2.39. The maximum atomic E-state index is 12.9. The van der Waals surface area contributed by atoms with Crippen molar-refractivity contribution in [2.75, 3.05) is 34.4 Å². The van der Waals surface area contributed by atoms with E-state index in [4.69, 9.17) is 18.9 Å². The first-order chi connectivity index (χ1) is 15.0. The van der Waals surface area contributed by atoms with E-state index < -0.39 is 5.60 Å². The molecule has 0 radical (unpaired) electrons. The fourth-order valence-corrected chi connectivity index (χ4v) is 4.49. The molecule has 0 N–H and O–H groups in total. The van der Waals surface area contributed by atoms with E-state index in [1.54, 1.807) is 32.3 Å². The molecule has 2 aromatic rings. The summed E-state index contributed by atoms with van der Waals surface area (Å²) in [6.45, 7) is 1.01. The number of likely N-dealkylation sites (tertiary alicyclic amines) is 1. The van der Waals surface area contributed by atoms with Gasteiger partial charge in [0.2, 0.25) is 11.7 Å². The van der Waals surface area contributed by atoms with Crippen molar-refractivity contribution in [2.24, 2.45) is 0 Å². The molecule has 0 saturated carbocycles. The highest BCUT2D eigenvalue weighted by Crippen LogP contribution is 2.41. The molecule has 1 spiro atoms. The van der Waals surface area contributed by atoms with Crippen LogP contribution in [-0.2, 0) is 11.2 Å². The molecule has 7 heteroatoms. The van der Waals surface area contributed by atoms with Crippen LogP contribution in [-0.4, -0.2) is 56.6 Å². The van der Waals surface area contributed by atoms with Gasteiger partial charge in [-0.05, 0) is 30.2 Å². The lowest BCUT2D eigenvalue weighted by Crippen LogP contribution is -2.45. The molecule has 31 heavy (non-hydrogen) atoms. The van der Waals surface area contributed by atoms with Gasteiger partial charge in [-0.3, -0.25) is 9.59 Å². The predicted octanol–water partition coefficient (Wildman–Crippen LogP) is 3.28. The highest BCUT2D eigenvalue weighted by Gasteiger charge is 2.46. The van der Waals surface area contributed by atoms with Crippen molar-refractivity contribution in [2.45, 2.75) is 31.3 Å². The Labute approximate surface area is 181 Å². The average Bonchev–Trinajstić information content (AvgIpc) is 3.19. The third-order valence-electron chi connectivity index (χ3n) is 6.06. The highest BCUT2D eigenvalue weighted by molar-refractivity contribution is 6.00. The topological polar surface area (TPSA) is 74.3 Å². The summed E-state index contributed by atoms with van der Waals surface area (Å²) in [5, 5.41) is 0. The molecular formula is C24H27NO6. The van der Waals surface area contributed by atoms with Crippen LogP contribution in [0, 0.1) is 0 Å². The lowest BCUT2D eigenvalue weighted by atomic mass is 9.89. The SMILES string of the molecule is COc1ccc(CCC(=O)N2CCC3(CC(=O)c4ccccc4O3)C2)c(OC)c1OC. The molecular weight excluding hydrogens is 398 g/mol. The van der Waals surface area contributed by atoms with Crippen molar-refractivity contribution in [1.82, 2.24) is 4.90 Å². The zero-order valence-electron chi connectivity index (χ0n) is 18.1. The molecule has 2 aliphatic rings. The minimum absolute atomic E-state index is 0.0311. The standard InChI is InChI=1S/C24H27NO6/c1-28-20-10-8-16(22(29-2)23(20)30-3)9-11-21(27)25-13-12-24(15-25)14-18(26)17-6-4-5-7-19(17)31-24/h4-8,10H,9,11-15H2,1-3H3. The summed E-state index contributed by atoms with van der Waals surface area (Å²) in [7, 11) is 4.70. The molecule has 0 bridgehead atoms. The number of benzene rings is 2. The number of hydrogen-bond acceptors (Lipinski definition) is 6. The first-order valence-corrected chi connectivity index (χ1v) is 10.4. The van der Waals surface area contributed by atoms with Gasteiger partial charge in [0.1, 0.15) is 11.4 Å². The van der Waals surface area contributed by atoms with Gasteiger partial charge >= 0.3 is 0 Å². The van der Waals surface area contributed by atoms with Crippen LogP contribution in [0.5, 0.6) is 23.0 Å². The van der Waals surface area contributed by atoms with Crippen molar-refractivity contribution < 1.29 is 28.5 Å². The Morgan fingerprint density at radius 3 is 2.58 bits per heavy atom. The summed E-state index contributed by atoms with van der Waals surface area (Å²) in [4.78, 5) is 27.3. The summed E-state index contributed by atoms with van der Waals surface area (Å²) >= 11 is 0. The molecule has 2 aromatic carbocycles. The van der Waals surface area contributed by atoms with Crippen LogP contribution < -0.4 is 18.9 Å². The van der Waals surface area contributed by atoms with Crippen molar-refractivity contribution in [3.63, 3.8) is 0 Å². The molecule has 1 fully saturated rings. The molecule has 0 aromatic heterocycles. The smallest absolute Gasteiger partial charge is 0.223 e. The Morgan fingerprint density at radius 2 is 1.84 bits per heavy atom. The van der Waals surface area contributed by atoms with Gasteiger partial charge in [0.15, 0.2) is 17.3 Å². The third kappa shape index (κ3) is 3.92. The van der Waals surface area contributed by atoms with Crippen molar-refractivity contribution in [3.8, 4) is 23.0 Å². The number of ether oxygens (including phenoxy) is 4. The number of nitrogens with zero attached hydrogens (tertiary/aromatic N) is 1. The first kappa shape index (κ1) is 21.0. The van der Waals surface area contributed by atoms with E-state index in [9.17, 15) is 9.59 Å². The van der Waals surface area contributed by atoms with E-state index in [0.29, 0.717) is 67.3 Å². The Hall–Kier alpha value is -3.22. The molecule has 2 heterocycles. The van der Waals surface area contributed by atoms with Crippen LogP contribution in [0.1, 0.15) is 35.2 Å². The van der Waals surface area contributed by atoms with Gasteiger partial charge in [-0.25, -0.2) is 0 Å². The number of para-hydroxylation sites is 1. The largest absolute Gasteiger partial charge is 0.493 e. The number of Topliss-reactive ketones (excluding diaryl/α,β-unsaturated/α-hetero) is 1. The summed E-state index contributed by atoms with van der Waals surface area (Å²) in [6, 6.07) is 11.0. The first-order valence-electron chi connectivity index (χ1n) is 10.4. The third-order valence-corrected chi connectivity index (χ3v) is 6.06. The number of ketones is 1. The van der Waals surface area contributed by atoms with Crippen LogP contribution in [0.2, 0.25) is 0 Å². The molecule has 7 nitrogen and oxygen atoms in total. The quantitative estimate of drug-likeness (QED) is 0.707. The van der Waals surface area contributed by atoms with Gasteiger partial charge < -0.3 is 23.8 Å². The Bertz CT molecular complexity index is 1000. The van der Waals surface area contributed by atoms with Crippen molar-refractivity contribution >= 4 is 11.7 Å². The van der Waals surface area contributed by atoms with Crippen LogP contribution in [0.3, 0.4) is 0 Å². The molecule has 0 aliphatic carbocycles. The number of amides is 1. The van der Waals surface area contributed by atoms with Gasteiger partial charge in [-0.1, -0.05) is 18.2 Å². The van der Waals surface area contributed by atoms with Gasteiger partial charge in [-0.15, -0.1) is 0 Å². The maximum absolute atomic E-state index is 12.9. The van der Waals surface area contributed by atoms with Gasteiger partial charge in [0.05, 0.1) is 39.9 Å². The summed E-state index contributed by atoms with van der Waals surface area (Å²) < 4.78 is 22.5. The van der Waals surface area contributed by atoms with Gasteiger partial charge in [0, 0.05) is 19.4 Å². The minimum Gasteiger partial charge on any atom is -0.493 e. The number of carbonyl (C=O) groups is 2. The van der Waals surface area contributed by atoms with Crippen LogP contribution in [0.4, 0.5) is 0 Å². The monoisotopic (exact) mass is 425 g/mol. The van der Waals surface area contributed by atoms with Crippen LogP contribution in [0.25, 0.3) is 0 Å². The van der Waals surface area contributed by atoms with Crippen molar-refractivity contribution in [3.05, 3.63) is 47.5 Å². The summed E-state index contributed by atoms with van der Waals surface area (Å²) in [6.07, 6.45) is 1.79. The fourth-order valence-electron chi connectivity index (χ4n) is 4.49. The predicted molar refractivity (Wildman–Crippen MR) is 114 cm³/mol. The van der Waals surface area contributed by atoms with E-state index in [2.05, 4.69) is 0 Å². The van der Waals surface area contributed by atoms with E-state index in [-0.39, 0.29) is 11.7 Å². The van der Waals surface area contributed by atoms with E-state index in [1.165, 1.54) is 0 Å². The molecule has 2 aliphatic heterocycles. The minimum atomic E-state index is -0.623. The number of carbonyl (C=O) groups excluding carboxylic acids is 2. The molecule has 4 rings (SSSR count). The van der Waals surface area contributed by atoms with Gasteiger partial charge in [-0.2, -0.15) is 0 Å². The molecule has 1 atom stereocenters. The number of hydrogen-bond donors (Lipinski definition) is 0. The zero-order valence-corrected chi connectivity index (χ0v) is 18.1. The second-order valence-corrected chi connectivity index (χ2v) is 7.94. The van der Waals surface area contributed by atoms with E-state index in [0.717, 1.165) is 5.56 Å². The molecule has 1 amide bonds. The zero-order chi connectivity index (χ0) is 22.0.